The number of hydrogen-bond donors (Lipinski definition) is 0. The minimum absolute atomic E-state index is 0.473. The third-order valence-electron chi connectivity index (χ3n) is 1.98. The number of nitrogens with zero attached hydrogens (tertiary/aromatic N) is 2. The third-order valence-corrected chi connectivity index (χ3v) is 1.98. The minimum atomic E-state index is 0.473. The van der Waals surface area contributed by atoms with Crippen molar-refractivity contribution in [3.05, 3.63) is 11.8 Å². The van der Waals surface area contributed by atoms with Crippen LogP contribution in [0.4, 0.5) is 0 Å². The lowest BCUT2D eigenvalue weighted by molar-refractivity contribution is 0.286. The molecular formula is C10H18N2O. The lowest BCUT2D eigenvalue weighted by atomic mass is 10.1. The Kier molecular flexibility index (Phi) is 3.34. The summed E-state index contributed by atoms with van der Waals surface area (Å²) in [4.78, 5) is 0. The first kappa shape index (κ1) is 10.1. The molecule has 0 aliphatic carbocycles. The molecule has 1 rings (SSSR count). The van der Waals surface area contributed by atoms with Gasteiger partial charge in [0, 0.05) is 12.6 Å². The highest BCUT2D eigenvalue weighted by Gasteiger charge is 2.12. The number of aryl methyl sites for hydroxylation is 1. The summed E-state index contributed by atoms with van der Waals surface area (Å²) in [6.07, 6.45) is 2.92. The van der Waals surface area contributed by atoms with Crippen molar-refractivity contribution in [2.75, 3.05) is 6.61 Å². The number of aromatic nitrogens is 2. The quantitative estimate of drug-likeness (QED) is 0.714. The van der Waals surface area contributed by atoms with Crippen LogP contribution < -0.4 is 4.74 Å². The van der Waals surface area contributed by atoms with E-state index in [0.29, 0.717) is 5.92 Å². The molecule has 0 spiro atoms. The van der Waals surface area contributed by atoms with E-state index in [-0.39, 0.29) is 0 Å². The second-order valence-corrected chi connectivity index (χ2v) is 3.53. The van der Waals surface area contributed by atoms with Crippen molar-refractivity contribution < 1.29 is 4.74 Å². The standard InChI is InChI=1S/C10H18N2O/c1-5-6-13-10-9(8(2)3)7-11-12(10)4/h7-8H,5-6H2,1-4H3. The van der Waals surface area contributed by atoms with E-state index in [1.165, 1.54) is 5.56 Å². The van der Waals surface area contributed by atoms with Gasteiger partial charge >= 0.3 is 0 Å². The van der Waals surface area contributed by atoms with Crippen LogP contribution in [-0.4, -0.2) is 16.4 Å². The van der Waals surface area contributed by atoms with Crippen molar-refractivity contribution >= 4 is 0 Å². The maximum atomic E-state index is 5.62. The van der Waals surface area contributed by atoms with Crippen molar-refractivity contribution in [2.24, 2.45) is 7.05 Å². The number of ether oxygens (including phenoxy) is 1. The molecule has 0 unspecified atom stereocenters. The third kappa shape index (κ3) is 2.23. The van der Waals surface area contributed by atoms with Crippen molar-refractivity contribution in [3.63, 3.8) is 0 Å². The molecule has 0 atom stereocenters. The molecule has 0 fully saturated rings. The topological polar surface area (TPSA) is 27.1 Å². The molecule has 1 aromatic heterocycles. The molecule has 0 saturated carbocycles. The van der Waals surface area contributed by atoms with Crippen molar-refractivity contribution in [1.29, 1.82) is 0 Å². The van der Waals surface area contributed by atoms with Gasteiger partial charge in [-0.3, -0.25) is 0 Å². The van der Waals surface area contributed by atoms with E-state index in [1.54, 1.807) is 4.68 Å². The summed E-state index contributed by atoms with van der Waals surface area (Å²) in [5, 5.41) is 4.18. The van der Waals surface area contributed by atoms with E-state index in [9.17, 15) is 0 Å². The van der Waals surface area contributed by atoms with Gasteiger partial charge in [0.1, 0.15) is 0 Å². The van der Waals surface area contributed by atoms with Gasteiger partial charge in [-0.1, -0.05) is 20.8 Å². The fourth-order valence-electron chi connectivity index (χ4n) is 1.21. The van der Waals surface area contributed by atoms with E-state index in [0.717, 1.165) is 18.9 Å². The zero-order chi connectivity index (χ0) is 9.84. The van der Waals surface area contributed by atoms with Crippen LogP contribution in [0, 0.1) is 0 Å². The lowest BCUT2D eigenvalue weighted by Crippen LogP contribution is -2.03. The lowest BCUT2D eigenvalue weighted by Gasteiger charge is -2.09. The van der Waals surface area contributed by atoms with Gasteiger partial charge < -0.3 is 4.74 Å². The fourth-order valence-corrected chi connectivity index (χ4v) is 1.21. The molecule has 0 radical (unpaired) electrons. The SMILES string of the molecule is CCCOc1c(C(C)C)cnn1C. The fraction of sp³-hybridized carbons (Fsp3) is 0.700. The predicted molar refractivity (Wildman–Crippen MR) is 53.1 cm³/mol. The Morgan fingerprint density at radius 3 is 2.77 bits per heavy atom. The molecule has 3 heteroatoms. The van der Waals surface area contributed by atoms with Crippen molar-refractivity contribution in [3.8, 4) is 5.88 Å². The minimum Gasteiger partial charge on any atom is -0.478 e. The van der Waals surface area contributed by atoms with Crippen molar-refractivity contribution in [2.45, 2.75) is 33.1 Å². The highest BCUT2D eigenvalue weighted by Crippen LogP contribution is 2.25. The second-order valence-electron chi connectivity index (χ2n) is 3.53. The summed E-state index contributed by atoms with van der Waals surface area (Å²) >= 11 is 0. The molecule has 3 nitrogen and oxygen atoms in total. The molecule has 0 saturated heterocycles. The van der Waals surface area contributed by atoms with Gasteiger partial charge in [-0.05, 0) is 12.3 Å². The largest absolute Gasteiger partial charge is 0.478 e. The molecule has 0 bridgehead atoms. The Hall–Kier alpha value is -0.990. The second kappa shape index (κ2) is 4.30. The first-order valence-electron chi connectivity index (χ1n) is 4.81. The Morgan fingerprint density at radius 1 is 1.54 bits per heavy atom. The summed E-state index contributed by atoms with van der Waals surface area (Å²) in [5.41, 5.74) is 1.19. The van der Waals surface area contributed by atoms with Crippen LogP contribution in [0.15, 0.2) is 6.20 Å². The smallest absolute Gasteiger partial charge is 0.215 e. The van der Waals surface area contributed by atoms with Gasteiger partial charge in [-0.2, -0.15) is 5.10 Å². The van der Waals surface area contributed by atoms with Crippen molar-refractivity contribution in [1.82, 2.24) is 9.78 Å². The predicted octanol–water partition coefficient (Wildman–Crippen LogP) is 2.33. The van der Waals surface area contributed by atoms with Crippen LogP contribution in [0.1, 0.15) is 38.7 Å². The van der Waals surface area contributed by atoms with Crippen LogP contribution >= 0.6 is 0 Å². The maximum absolute atomic E-state index is 5.62. The molecular weight excluding hydrogens is 164 g/mol. The van der Waals surface area contributed by atoms with Crippen LogP contribution in [-0.2, 0) is 7.05 Å². The van der Waals surface area contributed by atoms with E-state index < -0.39 is 0 Å². The Bertz CT molecular complexity index is 266. The van der Waals surface area contributed by atoms with Crippen LogP contribution in [0.3, 0.4) is 0 Å². The van der Waals surface area contributed by atoms with E-state index in [2.05, 4.69) is 25.9 Å². The molecule has 74 valence electrons. The van der Waals surface area contributed by atoms with E-state index >= 15 is 0 Å². The number of hydrogen-bond acceptors (Lipinski definition) is 2. The molecule has 0 aliphatic rings. The first-order valence-corrected chi connectivity index (χ1v) is 4.81. The monoisotopic (exact) mass is 182 g/mol. The average Bonchev–Trinajstić information content (AvgIpc) is 2.43. The zero-order valence-corrected chi connectivity index (χ0v) is 8.87. The normalized spacial score (nSPS) is 10.8. The van der Waals surface area contributed by atoms with E-state index in [1.807, 2.05) is 13.2 Å². The van der Waals surface area contributed by atoms with E-state index in [4.69, 9.17) is 4.74 Å². The summed E-state index contributed by atoms with van der Waals surface area (Å²) in [6, 6.07) is 0. The molecule has 0 amide bonds. The summed E-state index contributed by atoms with van der Waals surface area (Å²) in [7, 11) is 1.91. The molecule has 1 heterocycles. The molecule has 0 aliphatic heterocycles. The summed E-state index contributed by atoms with van der Waals surface area (Å²) < 4.78 is 7.42. The van der Waals surface area contributed by atoms with Gasteiger partial charge in [-0.15, -0.1) is 0 Å². The van der Waals surface area contributed by atoms with Crippen LogP contribution in [0.25, 0.3) is 0 Å². The Morgan fingerprint density at radius 2 is 2.23 bits per heavy atom. The Labute approximate surface area is 79.7 Å². The average molecular weight is 182 g/mol. The molecule has 1 aromatic rings. The van der Waals surface area contributed by atoms with Gasteiger partial charge in [0.25, 0.3) is 0 Å². The first-order chi connectivity index (χ1) is 6.16. The van der Waals surface area contributed by atoms with Gasteiger partial charge in [0.15, 0.2) is 0 Å². The summed E-state index contributed by atoms with van der Waals surface area (Å²) in [5.74, 6) is 1.39. The molecule has 13 heavy (non-hydrogen) atoms. The van der Waals surface area contributed by atoms with Gasteiger partial charge in [0.05, 0.1) is 12.8 Å². The maximum Gasteiger partial charge on any atom is 0.215 e. The van der Waals surface area contributed by atoms with Gasteiger partial charge in [0.2, 0.25) is 5.88 Å². The number of rotatable bonds is 4. The van der Waals surface area contributed by atoms with Crippen LogP contribution in [0.2, 0.25) is 0 Å². The summed E-state index contributed by atoms with van der Waals surface area (Å²) in [6.45, 7) is 7.16. The highest BCUT2D eigenvalue weighted by atomic mass is 16.5. The Balaban J connectivity index is 2.82. The highest BCUT2D eigenvalue weighted by molar-refractivity contribution is 5.27. The van der Waals surface area contributed by atoms with Crippen LogP contribution in [0.5, 0.6) is 5.88 Å². The van der Waals surface area contributed by atoms with Gasteiger partial charge in [-0.25, -0.2) is 4.68 Å². The molecule has 0 N–H and O–H groups in total. The molecule has 0 aromatic carbocycles. The zero-order valence-electron chi connectivity index (χ0n) is 8.87.